The number of fused-ring (bicyclic) bond motifs is 1. The molecule has 7 aromatic rings. The maximum atomic E-state index is 14.6. The molecule has 71 heavy (non-hydrogen) atoms. The number of nitrogens with zero attached hydrogens (tertiary/aromatic N) is 5. The van der Waals surface area contributed by atoms with Crippen LogP contribution in [0.3, 0.4) is 0 Å². The predicted octanol–water partition coefficient (Wildman–Crippen LogP) is 7.69. The van der Waals surface area contributed by atoms with Gasteiger partial charge in [0, 0.05) is 12.3 Å². The fourth-order valence-electron chi connectivity index (χ4n) is 8.29. The molecule has 15 nitrogen and oxygen atoms in total. The Labute approximate surface area is 423 Å². The third kappa shape index (κ3) is 10.5. The highest BCUT2D eigenvalue weighted by Gasteiger charge is 2.57. The molecule has 358 valence electrons. The minimum Gasteiger partial charge on any atom is -0.448 e. The van der Waals surface area contributed by atoms with E-state index in [1.807, 2.05) is 152 Å². The number of ether oxygens (including phenoxy) is 1. The van der Waals surface area contributed by atoms with Crippen LogP contribution in [0.25, 0.3) is 0 Å². The highest BCUT2D eigenvalue weighted by molar-refractivity contribution is 8.03. The number of carbonyl (C=O) groups excluding carboxylic acids is 4. The van der Waals surface area contributed by atoms with E-state index < -0.39 is 51.6 Å². The molecule has 0 spiro atoms. The zero-order valence-electron chi connectivity index (χ0n) is 38.0. The van der Waals surface area contributed by atoms with Crippen LogP contribution in [-0.4, -0.2) is 78.0 Å². The number of rotatable bonds is 18. The van der Waals surface area contributed by atoms with Gasteiger partial charge in [-0.1, -0.05) is 180 Å². The molecule has 3 atom stereocenters. The number of esters is 1. The SMILES string of the molecule is CON=C(C(=O)NC1C(=O)N2C(C(=O)OC(c3ccccc3)c3ccccc3)=C(C=CSc3nnc(CNC(C)=O)s3)CS(=O)C12)c1csc(NC(c2ccccc2)(c2ccccc2)c2ccccc2)n1. The summed E-state index contributed by atoms with van der Waals surface area (Å²) in [6, 6.07) is 47.0. The summed E-state index contributed by atoms with van der Waals surface area (Å²) in [6.45, 7) is 1.63. The van der Waals surface area contributed by atoms with Gasteiger partial charge >= 0.3 is 5.97 Å². The molecule has 3 unspecified atom stereocenters. The third-order valence-electron chi connectivity index (χ3n) is 11.5. The molecule has 2 aromatic heterocycles. The lowest BCUT2D eigenvalue weighted by Gasteiger charge is -2.49. The van der Waals surface area contributed by atoms with Crippen molar-refractivity contribution in [1.29, 1.82) is 0 Å². The molecule has 4 heterocycles. The highest BCUT2D eigenvalue weighted by Crippen LogP contribution is 2.42. The highest BCUT2D eigenvalue weighted by atomic mass is 32.2. The number of β-lactam (4-membered cyclic amide) rings is 1. The maximum absolute atomic E-state index is 14.6. The molecule has 2 aliphatic heterocycles. The van der Waals surface area contributed by atoms with Crippen molar-refractivity contribution >= 4 is 79.8 Å². The number of aromatic nitrogens is 3. The van der Waals surface area contributed by atoms with Gasteiger partial charge in [-0.25, -0.2) is 9.78 Å². The summed E-state index contributed by atoms with van der Waals surface area (Å²) in [5.41, 5.74) is 3.42. The van der Waals surface area contributed by atoms with Crippen molar-refractivity contribution in [3.63, 3.8) is 0 Å². The zero-order valence-corrected chi connectivity index (χ0v) is 41.3. The van der Waals surface area contributed by atoms with Crippen LogP contribution < -0.4 is 16.0 Å². The van der Waals surface area contributed by atoms with Gasteiger partial charge in [-0.3, -0.25) is 23.5 Å². The number of allylic oxidation sites excluding steroid dienone is 1. The van der Waals surface area contributed by atoms with Gasteiger partial charge in [0.05, 0.1) is 23.1 Å². The van der Waals surface area contributed by atoms with Crippen molar-refractivity contribution in [3.8, 4) is 0 Å². The third-order valence-corrected chi connectivity index (χ3v) is 15.7. The van der Waals surface area contributed by atoms with E-state index >= 15 is 0 Å². The summed E-state index contributed by atoms with van der Waals surface area (Å²) < 4.78 is 21.1. The molecule has 2 aliphatic rings. The first kappa shape index (κ1) is 48.4. The van der Waals surface area contributed by atoms with Gasteiger partial charge in [0.15, 0.2) is 21.3 Å². The first-order valence-electron chi connectivity index (χ1n) is 22.1. The first-order valence-corrected chi connectivity index (χ1v) is 26.1. The van der Waals surface area contributed by atoms with Gasteiger partial charge in [0.2, 0.25) is 5.91 Å². The Balaban J connectivity index is 0.996. The Hall–Kier alpha value is -7.58. The lowest BCUT2D eigenvalue weighted by atomic mass is 9.77. The molecule has 0 aliphatic carbocycles. The number of amides is 3. The van der Waals surface area contributed by atoms with E-state index in [2.05, 4.69) is 31.3 Å². The predicted molar refractivity (Wildman–Crippen MR) is 274 cm³/mol. The summed E-state index contributed by atoms with van der Waals surface area (Å²) in [7, 11) is -0.526. The number of carbonyl (C=O) groups is 4. The van der Waals surface area contributed by atoms with Crippen molar-refractivity contribution in [3.05, 3.63) is 218 Å². The smallest absolute Gasteiger partial charge is 0.356 e. The van der Waals surface area contributed by atoms with E-state index in [0.717, 1.165) is 21.6 Å². The number of benzene rings is 5. The van der Waals surface area contributed by atoms with Crippen LogP contribution in [0.5, 0.6) is 0 Å². The summed E-state index contributed by atoms with van der Waals surface area (Å²) in [6.07, 6.45) is 0.740. The van der Waals surface area contributed by atoms with Crippen molar-refractivity contribution in [1.82, 2.24) is 30.7 Å². The fraction of sp³-hybridized carbons (Fsp3) is 0.154. The van der Waals surface area contributed by atoms with E-state index in [9.17, 15) is 23.4 Å². The molecule has 0 saturated carbocycles. The fourth-order valence-corrected chi connectivity index (χ4v) is 12.3. The number of nitrogens with one attached hydrogen (secondary N) is 3. The lowest BCUT2D eigenvalue weighted by molar-refractivity contribution is -0.154. The van der Waals surface area contributed by atoms with Gasteiger partial charge in [-0.2, -0.15) is 0 Å². The zero-order chi connectivity index (χ0) is 49.3. The standard InChI is InChI=1S/C52H44N8O7S4/c1-33(61)53-30-41-57-58-51(70-41)68-29-28-36-32-71(65)48-43(47(63)60(48)44(36)49(64)67-45(34-18-8-3-9-19-34)35-20-10-4-11-21-35)55-46(62)42(59-66-2)40-31-69-50(54-40)56-52(37-22-12-5-13-23-37,38-24-14-6-15-25-38)39-26-16-7-17-27-39/h3-29,31,43,45,48H,30,32H2,1-2H3,(H,53,61)(H,54,56)(H,55,62). The van der Waals surface area contributed by atoms with Crippen molar-refractivity contribution < 1.29 is 33.0 Å². The van der Waals surface area contributed by atoms with Crippen molar-refractivity contribution in [2.75, 3.05) is 18.2 Å². The number of thiazole rings is 1. The number of anilines is 1. The second-order valence-electron chi connectivity index (χ2n) is 16.0. The molecule has 9 rings (SSSR count). The van der Waals surface area contributed by atoms with Gasteiger partial charge in [0.25, 0.3) is 11.8 Å². The van der Waals surface area contributed by atoms with Crippen LogP contribution >= 0.6 is 34.4 Å². The van der Waals surface area contributed by atoms with E-state index in [-0.39, 0.29) is 40.9 Å². The first-order chi connectivity index (χ1) is 34.6. The van der Waals surface area contributed by atoms with Gasteiger partial charge in [-0.05, 0) is 44.9 Å². The van der Waals surface area contributed by atoms with Gasteiger partial charge < -0.3 is 25.5 Å². The second-order valence-corrected chi connectivity index (χ2v) is 20.6. The second kappa shape index (κ2) is 22.0. The maximum Gasteiger partial charge on any atom is 0.356 e. The minimum atomic E-state index is -1.82. The van der Waals surface area contributed by atoms with E-state index in [4.69, 9.17) is 14.6 Å². The monoisotopic (exact) mass is 1020 g/mol. The largest absolute Gasteiger partial charge is 0.448 e. The van der Waals surface area contributed by atoms with Crippen molar-refractivity contribution in [2.45, 2.75) is 40.9 Å². The van der Waals surface area contributed by atoms with Crippen LogP contribution in [0.1, 0.15) is 51.5 Å². The average molecular weight is 1020 g/mol. The molecule has 0 radical (unpaired) electrons. The molecular weight excluding hydrogens is 977 g/mol. The topological polar surface area (TPSA) is 194 Å². The van der Waals surface area contributed by atoms with Crippen LogP contribution in [-0.2, 0) is 51.6 Å². The van der Waals surface area contributed by atoms with Crippen LogP contribution in [0.4, 0.5) is 5.13 Å². The molecule has 3 amide bonds. The Bertz CT molecular complexity index is 3020. The molecule has 0 bridgehead atoms. The Morgan fingerprint density at radius 2 is 1.42 bits per heavy atom. The van der Waals surface area contributed by atoms with Crippen LogP contribution in [0, 0.1) is 0 Å². The van der Waals surface area contributed by atoms with Crippen LogP contribution in [0.15, 0.2) is 189 Å². The quantitative estimate of drug-likeness (QED) is 0.0190. The summed E-state index contributed by atoms with van der Waals surface area (Å²) >= 11 is 3.73. The summed E-state index contributed by atoms with van der Waals surface area (Å²) in [5, 5.41) is 24.7. The molecule has 1 fully saturated rings. The molecular formula is C52H44N8O7S4. The van der Waals surface area contributed by atoms with E-state index in [1.165, 1.54) is 48.5 Å². The lowest BCUT2D eigenvalue weighted by Crippen LogP contribution is -2.74. The van der Waals surface area contributed by atoms with E-state index in [0.29, 0.717) is 25.6 Å². The Morgan fingerprint density at radius 3 is 1.97 bits per heavy atom. The van der Waals surface area contributed by atoms with Gasteiger partial charge in [0.1, 0.15) is 40.5 Å². The normalized spacial score (nSPS) is 16.8. The molecule has 3 N–H and O–H groups in total. The summed E-state index contributed by atoms with van der Waals surface area (Å²) in [4.78, 5) is 66.0. The van der Waals surface area contributed by atoms with E-state index in [1.54, 1.807) is 16.9 Å². The van der Waals surface area contributed by atoms with Crippen molar-refractivity contribution in [2.24, 2.45) is 5.16 Å². The minimum absolute atomic E-state index is 0.109. The summed E-state index contributed by atoms with van der Waals surface area (Å²) in [5.74, 6) is -2.67. The number of hydrogen-bond donors (Lipinski definition) is 3. The Kier molecular flexibility index (Phi) is 15.0. The molecule has 19 heteroatoms. The Morgan fingerprint density at radius 1 is 0.859 bits per heavy atom. The molecule has 5 aromatic carbocycles. The number of oxime groups is 1. The number of thioether (sulfide) groups is 1. The number of hydrogen-bond acceptors (Lipinski definition) is 15. The molecule has 1 saturated heterocycles. The van der Waals surface area contributed by atoms with Gasteiger partial charge in [-0.15, -0.1) is 21.5 Å². The average Bonchev–Trinajstić information content (AvgIpc) is 4.08. The van der Waals surface area contributed by atoms with Crippen LogP contribution in [0.2, 0.25) is 0 Å².